The largest absolute Gasteiger partial charge is 0.456 e. The number of ether oxygens (including phenoxy) is 6. The second kappa shape index (κ2) is 19.6. The number of esters is 1. The molecule has 2 unspecified atom stereocenters. The van der Waals surface area contributed by atoms with E-state index in [9.17, 15) is 24.1 Å². The van der Waals surface area contributed by atoms with Gasteiger partial charge < -0.3 is 43.7 Å². The zero-order valence-electron chi connectivity index (χ0n) is 35.4. The van der Waals surface area contributed by atoms with Gasteiger partial charge in [-0.25, -0.2) is 9.59 Å². The predicted molar refractivity (Wildman–Crippen MR) is 208 cm³/mol. The highest BCUT2D eigenvalue weighted by molar-refractivity contribution is 7.25. The third-order valence-electron chi connectivity index (χ3n) is 11.5. The molecule has 0 aromatic heterocycles. The number of hydrogen-bond donors (Lipinski definition) is 2. The van der Waals surface area contributed by atoms with E-state index in [1.54, 1.807) is 48.5 Å². The predicted octanol–water partition coefficient (Wildman–Crippen LogP) is 5.69. The number of nitrogens with one attached hydrogen (secondary N) is 1. The number of aliphatic hydroxyl groups excluding tert-OH is 1. The minimum Gasteiger partial charge on any atom is -0.456 e. The Morgan fingerprint density at radius 1 is 1.20 bits per heavy atom. The average Bonchev–Trinajstić information content (AvgIpc) is 3.39. The van der Waals surface area contributed by atoms with Gasteiger partial charge in [0.25, 0.3) is 0 Å². The van der Waals surface area contributed by atoms with E-state index in [1.807, 2.05) is 39.8 Å². The molecule has 0 spiro atoms. The first-order valence-electron chi connectivity index (χ1n) is 19.6. The maximum Gasteiger partial charge on any atom is 0.410 e. The van der Waals surface area contributed by atoms with Crippen LogP contribution in [-0.4, -0.2) is 133 Å². The Morgan fingerprint density at radius 3 is 2.43 bits per heavy atom. The van der Waals surface area contributed by atoms with Crippen molar-refractivity contribution in [3.05, 3.63) is 21.8 Å². The van der Waals surface area contributed by atoms with Gasteiger partial charge in [0.15, 0.2) is 20.4 Å². The quantitative estimate of drug-likeness (QED) is 0.0379. The van der Waals surface area contributed by atoms with Crippen LogP contribution in [0.25, 0.3) is 10.4 Å². The van der Waals surface area contributed by atoms with Crippen LogP contribution in [0, 0.1) is 11.8 Å². The highest BCUT2D eigenvalue weighted by atomic mass is 31.1. The fourth-order valence-corrected chi connectivity index (χ4v) is 9.18. The fourth-order valence-electron chi connectivity index (χ4n) is 8.41. The van der Waals surface area contributed by atoms with Crippen molar-refractivity contribution in [2.75, 3.05) is 34.3 Å². The minimum atomic E-state index is -1.32. The molecule has 0 aliphatic carbocycles. The van der Waals surface area contributed by atoms with E-state index in [2.05, 4.69) is 15.3 Å². The topological polar surface area (TPSA) is 211 Å². The number of amides is 2. The van der Waals surface area contributed by atoms with Crippen molar-refractivity contribution in [3.63, 3.8) is 0 Å². The summed E-state index contributed by atoms with van der Waals surface area (Å²) in [5, 5.41) is 17.7. The van der Waals surface area contributed by atoms with E-state index in [4.69, 9.17) is 34.0 Å². The van der Waals surface area contributed by atoms with Crippen molar-refractivity contribution in [1.29, 1.82) is 0 Å². The van der Waals surface area contributed by atoms with Gasteiger partial charge in [-0.2, -0.15) is 0 Å². The summed E-state index contributed by atoms with van der Waals surface area (Å²) in [6.07, 6.45) is -1.55. The number of azide groups is 1. The normalized spacial score (nSPS) is 30.3. The Morgan fingerprint density at radius 2 is 1.86 bits per heavy atom. The van der Waals surface area contributed by atoms with Crippen LogP contribution in [0.15, 0.2) is 16.4 Å². The summed E-state index contributed by atoms with van der Waals surface area (Å²) in [5.41, 5.74) is 5.80. The van der Waals surface area contributed by atoms with Gasteiger partial charge in [-0.15, -0.1) is 0 Å². The summed E-state index contributed by atoms with van der Waals surface area (Å²) < 4.78 is 49.7. The standard InChI is InChI=1S/C38H65N6O11P/c1-14-27(45)38(10)30(44(35(48)55-38)18-16-15-17-40-42-39)25(6)41-32(46)21(2)20-37(9,50-13)31(23(4)28-24(5)33(47)54-36(7,8)53-28)52-34-29(56-49)26(43(11)12)19-22(3)51-34/h21-23,25-27,29-31,34,45H,14-20H2,1-13H3,(H,41,46)/t21-,22-,23-,25-,26?,27-,29?,30-,31-,34+,37-,38-/m1/s1. The second-order valence-electron chi connectivity index (χ2n) is 16.6. The van der Waals surface area contributed by atoms with Crippen LogP contribution < -0.4 is 5.32 Å². The van der Waals surface area contributed by atoms with E-state index in [0.29, 0.717) is 31.4 Å². The van der Waals surface area contributed by atoms with Crippen molar-refractivity contribution in [3.8, 4) is 0 Å². The molecule has 0 saturated carbocycles. The maximum atomic E-state index is 14.2. The number of rotatable bonds is 20. The maximum absolute atomic E-state index is 14.2. The highest BCUT2D eigenvalue weighted by Gasteiger charge is 2.57. The summed E-state index contributed by atoms with van der Waals surface area (Å²) in [4.78, 5) is 46.7. The third kappa shape index (κ3) is 10.7. The first-order chi connectivity index (χ1) is 26.1. The zero-order valence-corrected chi connectivity index (χ0v) is 36.3. The second-order valence-corrected chi connectivity index (χ2v) is 17.4. The first kappa shape index (κ1) is 47.3. The molecule has 0 aromatic rings. The fraction of sp³-hybridized carbons (Fsp3) is 0.868. The van der Waals surface area contributed by atoms with E-state index in [0.717, 1.165) is 0 Å². The van der Waals surface area contributed by atoms with Crippen LogP contribution >= 0.6 is 8.46 Å². The van der Waals surface area contributed by atoms with E-state index >= 15 is 0 Å². The van der Waals surface area contributed by atoms with Crippen LogP contribution in [0.1, 0.15) is 101 Å². The summed E-state index contributed by atoms with van der Waals surface area (Å²) in [6, 6.07) is -1.51. The number of cyclic esters (lactones) is 2. The van der Waals surface area contributed by atoms with Gasteiger partial charge in [0.05, 0.1) is 41.6 Å². The van der Waals surface area contributed by atoms with Crippen LogP contribution in [0.4, 0.5) is 4.79 Å². The smallest absolute Gasteiger partial charge is 0.410 e. The molecule has 3 aliphatic rings. The summed E-state index contributed by atoms with van der Waals surface area (Å²) in [7, 11) is 5.19. The molecule has 2 N–H and O–H groups in total. The van der Waals surface area contributed by atoms with Crippen molar-refractivity contribution in [2.45, 2.75) is 167 Å². The Bertz CT molecular complexity index is 1490. The Hall–Kier alpha value is -3.04. The van der Waals surface area contributed by atoms with E-state index in [1.165, 1.54) is 12.0 Å². The molecule has 3 aliphatic heterocycles. The van der Waals surface area contributed by atoms with Gasteiger partial charge >= 0.3 is 12.1 Å². The van der Waals surface area contributed by atoms with E-state index in [-0.39, 0.29) is 51.6 Å². The number of unbranched alkanes of at least 4 members (excludes halogenated alkanes) is 1. The van der Waals surface area contributed by atoms with Gasteiger partial charge in [0.1, 0.15) is 11.4 Å². The number of aliphatic hydroxyl groups is 1. The molecule has 0 radical (unpaired) electrons. The lowest BCUT2D eigenvalue weighted by molar-refractivity contribution is -0.266. The van der Waals surface area contributed by atoms with Gasteiger partial charge in [-0.05, 0) is 86.3 Å². The molecular weight excluding hydrogens is 747 g/mol. The molecule has 2 fully saturated rings. The molecule has 0 bridgehead atoms. The Balaban J connectivity index is 1.97. The molecule has 3 heterocycles. The summed E-state index contributed by atoms with van der Waals surface area (Å²) in [5.74, 6) is -3.14. The van der Waals surface area contributed by atoms with Crippen molar-refractivity contribution in [1.82, 2.24) is 15.1 Å². The van der Waals surface area contributed by atoms with Gasteiger partial charge in [-0.1, -0.05) is 25.9 Å². The zero-order chi connectivity index (χ0) is 42.3. The summed E-state index contributed by atoms with van der Waals surface area (Å²) in [6.45, 7) is 18.0. The van der Waals surface area contributed by atoms with Crippen molar-refractivity contribution in [2.24, 2.45) is 17.0 Å². The van der Waals surface area contributed by atoms with Gasteiger partial charge in [0.2, 0.25) is 11.7 Å². The highest BCUT2D eigenvalue weighted by Crippen LogP contribution is 2.42. The van der Waals surface area contributed by atoms with Crippen LogP contribution in [0.5, 0.6) is 0 Å². The molecule has 2 amide bonds. The number of nitrogens with zero attached hydrogens (tertiary/aromatic N) is 5. The molecule has 56 heavy (non-hydrogen) atoms. The average molecular weight is 813 g/mol. The van der Waals surface area contributed by atoms with Crippen molar-refractivity contribution >= 4 is 26.4 Å². The number of carbonyl (C=O) groups is 3. The van der Waals surface area contributed by atoms with Crippen LogP contribution in [-0.2, 0) is 42.6 Å². The number of hydrogen-bond acceptors (Lipinski definition) is 13. The van der Waals surface area contributed by atoms with Gasteiger partial charge in [-0.3, -0.25) is 14.3 Å². The number of carbonyl (C=O) groups excluding carboxylic acids is 3. The third-order valence-corrected chi connectivity index (χ3v) is 12.3. The van der Waals surface area contributed by atoms with Crippen molar-refractivity contribution < 1.29 is 52.5 Å². The molecule has 0 aromatic carbocycles. The first-order valence-corrected chi connectivity index (χ1v) is 20.5. The SMILES string of the molecule is CC[C@@H](O)[C@@]1(C)OC(=O)N(CCCCN=[N+]=[N-])[C@@H]1[C@@H](C)NC(=O)[C@H](C)C[C@@](C)(OC)[C@H](O[C@@H]1O[C@H](C)CC(N(C)C)C1P=O)[C@H](C)C1=C(C)C(=O)OC(C)(C)O1. The lowest BCUT2D eigenvalue weighted by atomic mass is 9.80. The summed E-state index contributed by atoms with van der Waals surface area (Å²) >= 11 is 0. The molecule has 2 saturated heterocycles. The molecule has 12 atom stereocenters. The minimum absolute atomic E-state index is 0.119. The molecule has 17 nitrogen and oxygen atoms in total. The van der Waals surface area contributed by atoms with Gasteiger partial charge in [0, 0.05) is 56.8 Å². The molecule has 318 valence electrons. The molecule has 3 rings (SSSR count). The van der Waals surface area contributed by atoms with Crippen LogP contribution in [0.2, 0.25) is 0 Å². The number of methoxy groups -OCH3 is 1. The lowest BCUT2D eigenvalue weighted by Crippen LogP contribution is -2.61. The molecule has 18 heteroatoms. The lowest BCUT2D eigenvalue weighted by Gasteiger charge is -2.47. The Kier molecular flexibility index (Phi) is 16.6. The monoisotopic (exact) mass is 812 g/mol. The molecular formula is C38H65N6O11P. The van der Waals surface area contributed by atoms with E-state index < -0.39 is 77.1 Å². The Labute approximate surface area is 333 Å². The van der Waals surface area contributed by atoms with Crippen LogP contribution in [0.3, 0.4) is 0 Å².